The third-order valence-electron chi connectivity index (χ3n) is 2.81. The first-order valence-electron chi connectivity index (χ1n) is 6.00. The number of hydrogen-bond acceptors (Lipinski definition) is 2. The van der Waals surface area contributed by atoms with E-state index in [4.69, 9.17) is 11.6 Å². The lowest BCUT2D eigenvalue weighted by atomic mass is 9.91. The number of nitrogens with zero attached hydrogens (tertiary/aromatic N) is 2. The molecule has 2 rings (SSSR count). The van der Waals surface area contributed by atoms with Crippen molar-refractivity contribution in [3.8, 4) is 5.69 Å². The molecular formula is C14H14BrClN2O2. The van der Waals surface area contributed by atoms with Crippen molar-refractivity contribution in [1.29, 1.82) is 0 Å². The second-order valence-electron chi connectivity index (χ2n) is 5.45. The zero-order valence-electron chi connectivity index (χ0n) is 11.3. The van der Waals surface area contributed by atoms with E-state index in [1.807, 2.05) is 45.0 Å². The molecule has 20 heavy (non-hydrogen) atoms. The molecule has 6 heteroatoms. The molecule has 0 radical (unpaired) electrons. The van der Waals surface area contributed by atoms with Crippen molar-refractivity contribution < 1.29 is 9.90 Å². The number of aromatic nitrogens is 2. The topological polar surface area (TPSA) is 55.1 Å². The Kier molecular flexibility index (Phi) is 3.93. The van der Waals surface area contributed by atoms with E-state index < -0.39 is 5.97 Å². The molecular weight excluding hydrogens is 344 g/mol. The van der Waals surface area contributed by atoms with Crippen molar-refractivity contribution in [3.63, 3.8) is 0 Å². The molecule has 0 aliphatic rings. The van der Waals surface area contributed by atoms with Gasteiger partial charge in [0.2, 0.25) is 0 Å². The van der Waals surface area contributed by atoms with Crippen LogP contribution in [-0.4, -0.2) is 20.9 Å². The Morgan fingerprint density at radius 3 is 2.30 bits per heavy atom. The number of carbonyl (C=O) groups is 1. The van der Waals surface area contributed by atoms with Crippen LogP contribution in [0, 0.1) is 0 Å². The molecule has 0 spiro atoms. The summed E-state index contributed by atoms with van der Waals surface area (Å²) in [6.07, 6.45) is 0. The zero-order chi connectivity index (χ0) is 15.1. The summed E-state index contributed by atoms with van der Waals surface area (Å²) in [5.41, 5.74) is 0.996. The van der Waals surface area contributed by atoms with Crippen LogP contribution in [0.1, 0.15) is 37.0 Å². The summed E-state index contributed by atoms with van der Waals surface area (Å²) in [5.74, 6) is -1.13. The normalized spacial score (nSPS) is 11.7. The quantitative estimate of drug-likeness (QED) is 0.872. The van der Waals surface area contributed by atoms with Crippen molar-refractivity contribution in [1.82, 2.24) is 9.78 Å². The minimum atomic E-state index is -1.13. The summed E-state index contributed by atoms with van der Waals surface area (Å²) in [7, 11) is 0. The van der Waals surface area contributed by atoms with Crippen LogP contribution in [0.15, 0.2) is 28.7 Å². The Hall–Kier alpha value is -1.33. The molecule has 1 heterocycles. The second-order valence-corrected chi connectivity index (χ2v) is 6.75. The zero-order valence-corrected chi connectivity index (χ0v) is 13.7. The molecule has 0 aliphatic carbocycles. The van der Waals surface area contributed by atoms with E-state index >= 15 is 0 Å². The lowest BCUT2D eigenvalue weighted by molar-refractivity contribution is 0.0690. The summed E-state index contributed by atoms with van der Waals surface area (Å²) in [6.45, 7) is 5.91. The molecule has 0 saturated carbocycles. The van der Waals surface area contributed by atoms with Crippen LogP contribution < -0.4 is 0 Å². The van der Waals surface area contributed by atoms with Crippen LogP contribution in [-0.2, 0) is 5.41 Å². The van der Waals surface area contributed by atoms with E-state index in [1.165, 1.54) is 0 Å². The molecule has 0 bridgehead atoms. The van der Waals surface area contributed by atoms with E-state index in [0.29, 0.717) is 5.69 Å². The predicted molar refractivity (Wildman–Crippen MR) is 81.9 cm³/mol. The van der Waals surface area contributed by atoms with Crippen molar-refractivity contribution in [2.75, 3.05) is 0 Å². The first-order valence-corrected chi connectivity index (χ1v) is 7.17. The van der Waals surface area contributed by atoms with E-state index in [-0.39, 0.29) is 16.1 Å². The Morgan fingerprint density at radius 2 is 1.85 bits per heavy atom. The molecule has 0 unspecified atom stereocenters. The largest absolute Gasteiger partial charge is 0.476 e. The highest BCUT2D eigenvalue weighted by atomic mass is 79.9. The van der Waals surface area contributed by atoms with Crippen molar-refractivity contribution in [2.24, 2.45) is 0 Å². The van der Waals surface area contributed by atoms with Crippen molar-refractivity contribution >= 4 is 33.5 Å². The number of carboxylic acids is 1. The Balaban J connectivity index is 2.72. The van der Waals surface area contributed by atoms with Gasteiger partial charge in [-0.25, -0.2) is 9.48 Å². The van der Waals surface area contributed by atoms with Crippen molar-refractivity contribution in [3.05, 3.63) is 45.1 Å². The summed E-state index contributed by atoms with van der Waals surface area (Å²) < 4.78 is 2.54. The molecule has 4 nitrogen and oxygen atoms in total. The van der Waals surface area contributed by atoms with Gasteiger partial charge in [-0.05, 0) is 24.3 Å². The highest BCUT2D eigenvalue weighted by Crippen LogP contribution is 2.34. The maximum absolute atomic E-state index is 11.2. The van der Waals surface area contributed by atoms with Crippen LogP contribution in [0.5, 0.6) is 0 Å². The SMILES string of the molecule is CC(C)(C)c1c(Cl)c(C(=O)O)nn1-c1ccc(Br)cc1. The lowest BCUT2D eigenvalue weighted by Gasteiger charge is -2.21. The molecule has 1 aromatic carbocycles. The van der Waals surface area contributed by atoms with Crippen LogP contribution in [0.3, 0.4) is 0 Å². The molecule has 0 aliphatic heterocycles. The molecule has 1 N–H and O–H groups in total. The summed E-state index contributed by atoms with van der Waals surface area (Å²) in [6, 6.07) is 7.46. The Bertz CT molecular complexity index is 657. The summed E-state index contributed by atoms with van der Waals surface area (Å²) in [4.78, 5) is 11.2. The van der Waals surface area contributed by atoms with Gasteiger partial charge in [-0.2, -0.15) is 5.10 Å². The lowest BCUT2D eigenvalue weighted by Crippen LogP contribution is -2.18. The monoisotopic (exact) mass is 356 g/mol. The van der Waals surface area contributed by atoms with E-state index in [0.717, 1.165) is 10.2 Å². The molecule has 2 aromatic rings. The fourth-order valence-corrected chi connectivity index (χ4v) is 2.70. The third-order valence-corrected chi connectivity index (χ3v) is 3.70. The molecule has 0 amide bonds. The number of aromatic carboxylic acids is 1. The highest BCUT2D eigenvalue weighted by molar-refractivity contribution is 9.10. The van der Waals surface area contributed by atoms with Gasteiger partial charge < -0.3 is 5.11 Å². The minimum Gasteiger partial charge on any atom is -0.476 e. The second kappa shape index (κ2) is 5.22. The van der Waals surface area contributed by atoms with Gasteiger partial charge in [0, 0.05) is 9.89 Å². The van der Waals surface area contributed by atoms with E-state index in [2.05, 4.69) is 21.0 Å². The van der Waals surface area contributed by atoms with Gasteiger partial charge in [0.25, 0.3) is 0 Å². The number of halogens is 2. The third kappa shape index (κ3) is 2.74. The number of benzene rings is 1. The summed E-state index contributed by atoms with van der Waals surface area (Å²) >= 11 is 9.59. The first kappa shape index (κ1) is 15.1. The van der Waals surface area contributed by atoms with Gasteiger partial charge in [0.05, 0.1) is 16.4 Å². The van der Waals surface area contributed by atoms with Gasteiger partial charge in [0.15, 0.2) is 5.69 Å². The van der Waals surface area contributed by atoms with Gasteiger partial charge in [-0.15, -0.1) is 0 Å². The van der Waals surface area contributed by atoms with Crippen LogP contribution in [0.25, 0.3) is 5.69 Å². The fraction of sp³-hybridized carbons (Fsp3) is 0.286. The minimum absolute atomic E-state index is 0.125. The number of carboxylic acid groups (broad SMARTS) is 1. The van der Waals surface area contributed by atoms with Crippen LogP contribution in [0.2, 0.25) is 5.02 Å². The molecule has 0 saturated heterocycles. The average Bonchev–Trinajstić information content (AvgIpc) is 2.67. The molecule has 0 atom stereocenters. The standard InChI is InChI=1S/C14H14BrClN2O2/c1-14(2,3)12-10(16)11(13(19)20)17-18(12)9-6-4-8(15)5-7-9/h4-7H,1-3H3,(H,19,20). The van der Waals surface area contributed by atoms with Gasteiger partial charge in [-0.3, -0.25) is 0 Å². The first-order chi connectivity index (χ1) is 9.21. The maximum atomic E-state index is 11.2. The Morgan fingerprint density at radius 1 is 1.30 bits per heavy atom. The Labute approximate surface area is 130 Å². The van der Waals surface area contributed by atoms with Gasteiger partial charge in [0.1, 0.15) is 0 Å². The number of hydrogen-bond donors (Lipinski definition) is 1. The molecule has 106 valence electrons. The highest BCUT2D eigenvalue weighted by Gasteiger charge is 2.29. The maximum Gasteiger partial charge on any atom is 0.358 e. The van der Waals surface area contributed by atoms with Gasteiger partial charge >= 0.3 is 5.97 Å². The molecule has 0 fully saturated rings. The molecule has 1 aromatic heterocycles. The van der Waals surface area contributed by atoms with Crippen LogP contribution >= 0.6 is 27.5 Å². The van der Waals surface area contributed by atoms with Crippen molar-refractivity contribution in [2.45, 2.75) is 26.2 Å². The summed E-state index contributed by atoms with van der Waals surface area (Å²) in [5, 5.41) is 13.5. The fourth-order valence-electron chi connectivity index (χ4n) is 1.95. The average molecular weight is 358 g/mol. The smallest absolute Gasteiger partial charge is 0.358 e. The van der Waals surface area contributed by atoms with Gasteiger partial charge in [-0.1, -0.05) is 48.3 Å². The number of rotatable bonds is 2. The predicted octanol–water partition coefficient (Wildman–Crippen LogP) is 4.28. The van der Waals surface area contributed by atoms with E-state index in [1.54, 1.807) is 4.68 Å². The van der Waals surface area contributed by atoms with Crippen LogP contribution in [0.4, 0.5) is 0 Å². The van der Waals surface area contributed by atoms with E-state index in [9.17, 15) is 9.90 Å².